The molecule has 0 amide bonds. The van der Waals surface area contributed by atoms with Gasteiger partial charge in [0.15, 0.2) is 5.69 Å². The topological polar surface area (TPSA) is 54.5 Å². The van der Waals surface area contributed by atoms with Crippen molar-refractivity contribution in [2.24, 2.45) is 7.05 Å². The molecule has 116 valence electrons. The first-order chi connectivity index (χ1) is 10.9. The van der Waals surface area contributed by atoms with Crippen molar-refractivity contribution in [1.29, 1.82) is 5.26 Å². The highest BCUT2D eigenvalue weighted by Gasteiger charge is 2.31. The minimum absolute atomic E-state index is 0.0864. The van der Waals surface area contributed by atoms with Gasteiger partial charge in [0.05, 0.1) is 23.1 Å². The summed E-state index contributed by atoms with van der Waals surface area (Å²) in [5.74, 6) is 0. The van der Waals surface area contributed by atoms with Gasteiger partial charge in [-0.2, -0.15) is 18.4 Å². The Morgan fingerprint density at radius 1 is 1.35 bits per heavy atom. The molecule has 0 aliphatic heterocycles. The maximum absolute atomic E-state index is 12.8. The number of allylic oxidation sites excluding steroid dienone is 6. The number of aryl methyl sites for hydroxylation is 1. The van der Waals surface area contributed by atoms with Gasteiger partial charge in [-0.05, 0) is 18.1 Å². The van der Waals surface area contributed by atoms with Crippen LogP contribution in [0.2, 0.25) is 0 Å². The third-order valence-electron chi connectivity index (χ3n) is 3.59. The van der Waals surface area contributed by atoms with E-state index in [0.29, 0.717) is 22.3 Å². The Hall–Kier alpha value is -2.88. The molecule has 0 bridgehead atoms. The van der Waals surface area contributed by atoms with Crippen molar-refractivity contribution in [2.75, 3.05) is 0 Å². The van der Waals surface area contributed by atoms with E-state index < -0.39 is 11.7 Å². The van der Waals surface area contributed by atoms with E-state index in [1.807, 2.05) is 6.07 Å². The summed E-state index contributed by atoms with van der Waals surface area (Å²) in [6.45, 7) is 0. The van der Waals surface area contributed by atoms with Gasteiger partial charge in [0.1, 0.15) is 11.6 Å². The average Bonchev–Trinajstić information content (AvgIpc) is 2.74. The van der Waals surface area contributed by atoms with Gasteiger partial charge in [-0.3, -0.25) is 0 Å². The molecule has 0 N–H and O–H groups in total. The highest BCUT2D eigenvalue weighted by molar-refractivity contribution is 5.83. The summed E-state index contributed by atoms with van der Waals surface area (Å²) < 4.78 is 40.1. The first-order valence-corrected chi connectivity index (χ1v) is 6.77. The molecule has 0 spiro atoms. The van der Waals surface area contributed by atoms with Gasteiger partial charge in [-0.25, -0.2) is 9.97 Å². The quantitative estimate of drug-likeness (QED) is 0.806. The normalized spacial score (nSPS) is 15.1. The van der Waals surface area contributed by atoms with Crippen molar-refractivity contribution in [2.45, 2.75) is 12.6 Å². The zero-order chi connectivity index (χ0) is 16.6. The van der Waals surface area contributed by atoms with Crippen molar-refractivity contribution in [3.05, 3.63) is 53.7 Å². The molecule has 1 aliphatic rings. The summed E-state index contributed by atoms with van der Waals surface area (Å²) in [7, 11) is 1.78. The molecule has 2 aromatic rings. The zero-order valence-corrected chi connectivity index (χ0v) is 12.1. The van der Waals surface area contributed by atoms with Crippen LogP contribution in [-0.2, 0) is 7.05 Å². The molecule has 7 heteroatoms. The van der Waals surface area contributed by atoms with Crippen LogP contribution in [0.3, 0.4) is 0 Å². The molecule has 4 nitrogen and oxygen atoms in total. The van der Waals surface area contributed by atoms with Crippen LogP contribution in [0.5, 0.6) is 0 Å². The molecule has 0 unspecified atom stereocenters. The number of imidazole rings is 1. The number of fused-ring (bicyclic) bond motifs is 1. The van der Waals surface area contributed by atoms with Crippen molar-refractivity contribution < 1.29 is 13.2 Å². The highest BCUT2D eigenvalue weighted by atomic mass is 19.4. The van der Waals surface area contributed by atoms with E-state index in [9.17, 15) is 18.4 Å². The number of hydrogen-bond donors (Lipinski definition) is 0. The van der Waals surface area contributed by atoms with Gasteiger partial charge in [0.25, 0.3) is 0 Å². The second kappa shape index (κ2) is 5.39. The molecule has 0 saturated carbocycles. The Morgan fingerprint density at radius 2 is 2.13 bits per heavy atom. The van der Waals surface area contributed by atoms with E-state index in [1.165, 1.54) is 6.08 Å². The third kappa shape index (κ3) is 2.75. The Morgan fingerprint density at radius 3 is 2.83 bits per heavy atom. The predicted octanol–water partition coefficient (Wildman–Crippen LogP) is 3.67. The summed E-state index contributed by atoms with van der Waals surface area (Å²) in [4.78, 5) is 8.36. The van der Waals surface area contributed by atoms with E-state index >= 15 is 0 Å². The summed E-state index contributed by atoms with van der Waals surface area (Å²) in [5.41, 5.74) is 1.75. The molecule has 0 fully saturated rings. The molecule has 1 aliphatic carbocycles. The van der Waals surface area contributed by atoms with Gasteiger partial charge in [0.2, 0.25) is 0 Å². The van der Waals surface area contributed by atoms with Gasteiger partial charge in [-0.15, -0.1) is 0 Å². The average molecular weight is 316 g/mol. The fourth-order valence-electron chi connectivity index (χ4n) is 2.39. The van der Waals surface area contributed by atoms with Crippen molar-refractivity contribution in [1.82, 2.24) is 14.5 Å². The summed E-state index contributed by atoms with van der Waals surface area (Å²) >= 11 is 0. The van der Waals surface area contributed by atoms with Crippen LogP contribution in [0.25, 0.3) is 16.6 Å². The zero-order valence-electron chi connectivity index (χ0n) is 12.1. The molecule has 3 rings (SSSR count). The van der Waals surface area contributed by atoms with Gasteiger partial charge in [0, 0.05) is 7.05 Å². The first kappa shape index (κ1) is 15.0. The van der Waals surface area contributed by atoms with Gasteiger partial charge >= 0.3 is 6.18 Å². The Balaban J connectivity index is 2.07. The van der Waals surface area contributed by atoms with Crippen molar-refractivity contribution in [3.8, 4) is 6.07 Å². The lowest BCUT2D eigenvalue weighted by Gasteiger charge is -2.07. The molecular weight excluding hydrogens is 305 g/mol. The van der Waals surface area contributed by atoms with Gasteiger partial charge in [-0.1, -0.05) is 24.3 Å². The number of alkyl halides is 3. The minimum Gasteiger partial charge on any atom is -0.334 e. The lowest BCUT2D eigenvalue weighted by Crippen LogP contribution is -2.09. The van der Waals surface area contributed by atoms with Crippen LogP contribution in [0.4, 0.5) is 13.2 Å². The molecule has 0 radical (unpaired) electrons. The molecule has 23 heavy (non-hydrogen) atoms. The van der Waals surface area contributed by atoms with E-state index in [4.69, 9.17) is 0 Å². The van der Waals surface area contributed by atoms with Crippen molar-refractivity contribution in [3.63, 3.8) is 0 Å². The molecule has 0 saturated heterocycles. The molecule has 0 atom stereocenters. The minimum atomic E-state index is -4.38. The van der Waals surface area contributed by atoms with Crippen LogP contribution >= 0.6 is 0 Å². The third-order valence-corrected chi connectivity index (χ3v) is 3.59. The second-order valence-electron chi connectivity index (χ2n) is 5.10. The van der Waals surface area contributed by atoms with Crippen LogP contribution in [-0.4, -0.2) is 20.7 Å². The lowest BCUT2D eigenvalue weighted by atomic mass is 10.1. The largest absolute Gasteiger partial charge is 0.416 e. The van der Waals surface area contributed by atoms with Crippen LogP contribution in [0.1, 0.15) is 17.8 Å². The number of pyridine rings is 1. The fourth-order valence-corrected chi connectivity index (χ4v) is 2.39. The summed E-state index contributed by atoms with van der Waals surface area (Å²) in [5, 5.41) is 9.22. The molecular formula is C16H11F3N4. The van der Waals surface area contributed by atoms with E-state index in [1.54, 1.807) is 30.1 Å². The Bertz CT molecular complexity index is 908. The Kier molecular flexibility index (Phi) is 3.52. The summed E-state index contributed by atoms with van der Waals surface area (Å²) in [6.07, 6.45) is 2.36. The predicted molar refractivity (Wildman–Crippen MR) is 79.1 cm³/mol. The first-order valence-electron chi connectivity index (χ1n) is 6.77. The smallest absolute Gasteiger partial charge is 0.334 e. The van der Waals surface area contributed by atoms with Gasteiger partial charge < -0.3 is 4.57 Å². The lowest BCUT2D eigenvalue weighted by molar-refractivity contribution is -0.0883. The second-order valence-corrected chi connectivity index (χ2v) is 5.10. The SMILES string of the molecule is Cn1cnc2c(C#N)nc(C3=CC=CC(C(F)(F)F)=CC3)cc21. The number of halogens is 3. The van der Waals surface area contributed by atoms with Crippen LogP contribution < -0.4 is 0 Å². The van der Waals surface area contributed by atoms with Crippen LogP contribution in [0, 0.1) is 11.3 Å². The number of nitrogens with zero attached hydrogens (tertiary/aromatic N) is 4. The Labute approximate surface area is 129 Å². The maximum Gasteiger partial charge on any atom is 0.416 e. The molecule has 0 aromatic carbocycles. The summed E-state index contributed by atoms with van der Waals surface area (Å²) in [6, 6.07) is 3.72. The number of aromatic nitrogens is 3. The van der Waals surface area contributed by atoms with E-state index in [2.05, 4.69) is 9.97 Å². The highest BCUT2D eigenvalue weighted by Crippen LogP contribution is 2.31. The van der Waals surface area contributed by atoms with Crippen LogP contribution in [0.15, 0.2) is 42.3 Å². The maximum atomic E-state index is 12.8. The van der Waals surface area contributed by atoms with E-state index in [0.717, 1.165) is 12.2 Å². The monoisotopic (exact) mass is 316 g/mol. The molecule has 2 aromatic heterocycles. The van der Waals surface area contributed by atoms with E-state index in [-0.39, 0.29) is 12.1 Å². The van der Waals surface area contributed by atoms with Crippen molar-refractivity contribution >= 4 is 16.6 Å². The molecule has 2 heterocycles. The number of nitriles is 1. The standard InChI is InChI=1S/C16H11F3N4/c1-23-9-21-15-13(8-20)22-12(7-14(15)23)10-3-2-4-11(6-5-10)16(17,18)19/h2-4,6-7,9H,5H2,1H3. The fraction of sp³-hybridized carbons (Fsp3) is 0.188. The number of hydrogen-bond acceptors (Lipinski definition) is 3. The number of rotatable bonds is 1.